The summed E-state index contributed by atoms with van der Waals surface area (Å²) in [5.74, 6) is -0.365. The van der Waals surface area contributed by atoms with Crippen LogP contribution >= 0.6 is 11.6 Å². The number of nitrogens with one attached hydrogen (secondary N) is 1. The fourth-order valence-corrected chi connectivity index (χ4v) is 1.15. The van der Waals surface area contributed by atoms with Gasteiger partial charge >= 0.3 is 0 Å². The van der Waals surface area contributed by atoms with Gasteiger partial charge in [0.15, 0.2) is 0 Å². The van der Waals surface area contributed by atoms with E-state index in [1.807, 2.05) is 0 Å². The molecule has 0 saturated heterocycles. The van der Waals surface area contributed by atoms with Gasteiger partial charge in [-0.2, -0.15) is 0 Å². The van der Waals surface area contributed by atoms with Crippen LogP contribution in [0.2, 0.25) is 5.02 Å². The van der Waals surface area contributed by atoms with Crippen LogP contribution in [0.3, 0.4) is 0 Å². The summed E-state index contributed by atoms with van der Waals surface area (Å²) in [4.78, 5) is 6.60. The van der Waals surface area contributed by atoms with Gasteiger partial charge in [0.2, 0.25) is 0 Å². The largest absolute Gasteiger partial charge is 0.358 e. The van der Waals surface area contributed by atoms with Gasteiger partial charge in [0.1, 0.15) is 11.3 Å². The number of aromatic amines is 1. The second-order valence-electron chi connectivity index (χ2n) is 2.19. The predicted molar refractivity (Wildman–Crippen MR) is 41.1 cm³/mol. The number of hydrogen-bond acceptors (Lipinski definition) is 1. The van der Waals surface area contributed by atoms with E-state index in [1.54, 1.807) is 6.20 Å². The molecule has 0 fully saturated rings. The van der Waals surface area contributed by atoms with Crippen LogP contribution in [0.15, 0.2) is 18.5 Å². The third kappa shape index (κ3) is 0.973. The highest BCUT2D eigenvalue weighted by Crippen LogP contribution is 2.20. The molecule has 0 amide bonds. The molecule has 2 rings (SSSR count). The van der Waals surface area contributed by atoms with E-state index in [9.17, 15) is 4.39 Å². The molecule has 0 aliphatic heterocycles. The molecular weight excluding hydrogens is 167 g/mol. The SMILES string of the molecule is Fc1cnc2c(Cl)c[nH]c2c1. The van der Waals surface area contributed by atoms with E-state index in [4.69, 9.17) is 11.6 Å². The first-order valence-electron chi connectivity index (χ1n) is 3.05. The Morgan fingerprint density at radius 2 is 2.36 bits per heavy atom. The number of halogens is 2. The second kappa shape index (κ2) is 2.20. The highest BCUT2D eigenvalue weighted by Gasteiger charge is 2.02. The zero-order chi connectivity index (χ0) is 7.84. The average Bonchev–Trinajstić information content (AvgIpc) is 2.32. The molecule has 11 heavy (non-hydrogen) atoms. The Labute approximate surface area is 67.0 Å². The summed E-state index contributed by atoms with van der Waals surface area (Å²) < 4.78 is 12.5. The molecule has 1 N–H and O–H groups in total. The van der Waals surface area contributed by atoms with Crippen molar-refractivity contribution in [3.63, 3.8) is 0 Å². The van der Waals surface area contributed by atoms with Gasteiger partial charge in [-0.15, -0.1) is 0 Å². The Kier molecular flexibility index (Phi) is 1.32. The van der Waals surface area contributed by atoms with E-state index < -0.39 is 0 Å². The van der Waals surface area contributed by atoms with Crippen molar-refractivity contribution in [3.8, 4) is 0 Å². The maximum Gasteiger partial charge on any atom is 0.143 e. The van der Waals surface area contributed by atoms with E-state index in [0.29, 0.717) is 16.1 Å². The van der Waals surface area contributed by atoms with Crippen molar-refractivity contribution in [2.24, 2.45) is 0 Å². The molecule has 0 unspecified atom stereocenters. The van der Waals surface area contributed by atoms with Gasteiger partial charge in [0.25, 0.3) is 0 Å². The minimum atomic E-state index is -0.365. The lowest BCUT2D eigenvalue weighted by Crippen LogP contribution is -1.77. The van der Waals surface area contributed by atoms with Crippen molar-refractivity contribution in [1.29, 1.82) is 0 Å². The number of H-pyrrole nitrogens is 1. The number of nitrogens with zero attached hydrogens (tertiary/aromatic N) is 1. The fourth-order valence-electron chi connectivity index (χ4n) is 0.949. The summed E-state index contributed by atoms with van der Waals surface area (Å²) in [5, 5.41) is 0.514. The first-order valence-corrected chi connectivity index (χ1v) is 3.43. The molecule has 56 valence electrons. The summed E-state index contributed by atoms with van der Waals surface area (Å²) >= 11 is 5.71. The van der Waals surface area contributed by atoms with Crippen LogP contribution in [0.4, 0.5) is 4.39 Å². The molecule has 0 bridgehead atoms. The smallest absolute Gasteiger partial charge is 0.143 e. The third-order valence-electron chi connectivity index (χ3n) is 1.43. The minimum Gasteiger partial charge on any atom is -0.358 e. The molecule has 0 radical (unpaired) electrons. The van der Waals surface area contributed by atoms with Crippen molar-refractivity contribution in [2.75, 3.05) is 0 Å². The van der Waals surface area contributed by atoms with Crippen LogP contribution in [0.5, 0.6) is 0 Å². The van der Waals surface area contributed by atoms with Crippen molar-refractivity contribution < 1.29 is 4.39 Å². The molecule has 0 atom stereocenters. The number of hydrogen-bond donors (Lipinski definition) is 1. The Bertz CT molecular complexity index is 396. The molecular formula is C7H4ClFN2. The van der Waals surface area contributed by atoms with Crippen molar-refractivity contribution in [1.82, 2.24) is 9.97 Å². The predicted octanol–water partition coefficient (Wildman–Crippen LogP) is 2.36. The highest BCUT2D eigenvalue weighted by molar-refractivity contribution is 6.35. The van der Waals surface area contributed by atoms with Crippen molar-refractivity contribution >= 4 is 22.6 Å². The normalized spacial score (nSPS) is 10.7. The van der Waals surface area contributed by atoms with E-state index in [1.165, 1.54) is 6.07 Å². The lowest BCUT2D eigenvalue weighted by atomic mass is 10.4. The molecule has 2 aromatic rings. The molecule has 2 nitrogen and oxygen atoms in total. The van der Waals surface area contributed by atoms with E-state index in [0.717, 1.165) is 6.20 Å². The van der Waals surface area contributed by atoms with Gasteiger partial charge in [0, 0.05) is 12.3 Å². The molecule has 2 heterocycles. The molecule has 0 aliphatic carbocycles. The van der Waals surface area contributed by atoms with Crippen LogP contribution in [0.25, 0.3) is 11.0 Å². The van der Waals surface area contributed by atoms with Gasteiger partial charge in [-0.3, -0.25) is 4.98 Å². The summed E-state index contributed by atoms with van der Waals surface area (Å²) in [5.41, 5.74) is 1.23. The zero-order valence-corrected chi connectivity index (χ0v) is 6.19. The number of rotatable bonds is 0. The lowest BCUT2D eigenvalue weighted by molar-refractivity contribution is 0.624. The van der Waals surface area contributed by atoms with Gasteiger partial charge in [-0.25, -0.2) is 4.39 Å². The third-order valence-corrected chi connectivity index (χ3v) is 1.72. The summed E-state index contributed by atoms with van der Waals surface area (Å²) in [6.45, 7) is 0. The summed E-state index contributed by atoms with van der Waals surface area (Å²) in [6, 6.07) is 1.36. The van der Waals surface area contributed by atoms with Crippen LogP contribution in [0, 0.1) is 5.82 Å². The highest BCUT2D eigenvalue weighted by atomic mass is 35.5. The lowest BCUT2D eigenvalue weighted by Gasteiger charge is -1.88. The average molecular weight is 171 g/mol. The Morgan fingerprint density at radius 1 is 1.55 bits per heavy atom. The standard InChI is InChI=1S/C7H4ClFN2/c8-5-3-10-6-1-4(9)2-11-7(5)6/h1-3,10H. The molecule has 2 aromatic heterocycles. The van der Waals surface area contributed by atoms with Crippen LogP contribution in [0.1, 0.15) is 0 Å². The Balaban J connectivity index is 2.86. The second-order valence-corrected chi connectivity index (χ2v) is 2.59. The minimum absolute atomic E-state index is 0.365. The van der Waals surface area contributed by atoms with Gasteiger partial charge in [-0.1, -0.05) is 11.6 Å². The van der Waals surface area contributed by atoms with Gasteiger partial charge in [0.05, 0.1) is 16.7 Å². The zero-order valence-electron chi connectivity index (χ0n) is 5.44. The Morgan fingerprint density at radius 3 is 3.18 bits per heavy atom. The molecule has 4 heteroatoms. The monoisotopic (exact) mass is 170 g/mol. The van der Waals surface area contributed by atoms with Gasteiger partial charge in [-0.05, 0) is 0 Å². The molecule has 0 aliphatic rings. The van der Waals surface area contributed by atoms with E-state index in [2.05, 4.69) is 9.97 Å². The maximum atomic E-state index is 12.5. The van der Waals surface area contributed by atoms with E-state index in [-0.39, 0.29) is 5.82 Å². The topological polar surface area (TPSA) is 28.7 Å². The Hall–Kier alpha value is -1.09. The fraction of sp³-hybridized carbons (Fsp3) is 0. The molecule has 0 aromatic carbocycles. The maximum absolute atomic E-state index is 12.5. The van der Waals surface area contributed by atoms with Crippen LogP contribution in [-0.4, -0.2) is 9.97 Å². The number of aromatic nitrogens is 2. The van der Waals surface area contributed by atoms with Crippen LogP contribution in [-0.2, 0) is 0 Å². The van der Waals surface area contributed by atoms with Crippen molar-refractivity contribution in [3.05, 3.63) is 29.3 Å². The molecule has 0 spiro atoms. The van der Waals surface area contributed by atoms with Crippen molar-refractivity contribution in [2.45, 2.75) is 0 Å². The summed E-state index contributed by atoms with van der Waals surface area (Å²) in [7, 11) is 0. The molecule has 0 saturated carbocycles. The summed E-state index contributed by atoms with van der Waals surface area (Å²) in [6.07, 6.45) is 2.72. The van der Waals surface area contributed by atoms with E-state index >= 15 is 0 Å². The van der Waals surface area contributed by atoms with Crippen LogP contribution < -0.4 is 0 Å². The first-order chi connectivity index (χ1) is 5.27. The number of pyridine rings is 1. The van der Waals surface area contributed by atoms with Gasteiger partial charge < -0.3 is 4.98 Å². The quantitative estimate of drug-likeness (QED) is 0.646. The first kappa shape index (κ1) is 6.61. The number of fused-ring (bicyclic) bond motifs is 1.